The van der Waals surface area contributed by atoms with Crippen molar-refractivity contribution >= 4 is 22.6 Å². The number of carbonyl (C=O) groups is 1. The molecular formula is C19H22FN3O3. The third-order valence-electron chi connectivity index (χ3n) is 5.10. The lowest BCUT2D eigenvalue weighted by Gasteiger charge is -2.21. The Balaban J connectivity index is 1.90. The Morgan fingerprint density at radius 1 is 1.35 bits per heavy atom. The highest BCUT2D eigenvalue weighted by Gasteiger charge is 2.29. The van der Waals surface area contributed by atoms with E-state index >= 15 is 0 Å². The molecule has 2 aromatic rings. The van der Waals surface area contributed by atoms with Crippen molar-refractivity contribution in [2.24, 2.45) is 5.73 Å². The van der Waals surface area contributed by atoms with E-state index in [1.165, 1.54) is 6.07 Å². The predicted octanol–water partition coefficient (Wildman–Crippen LogP) is 2.19. The Morgan fingerprint density at radius 3 is 2.73 bits per heavy atom. The van der Waals surface area contributed by atoms with E-state index < -0.39 is 17.2 Å². The third kappa shape index (κ3) is 2.86. The zero-order chi connectivity index (χ0) is 18.4. The zero-order valence-electron chi connectivity index (χ0n) is 14.7. The molecule has 26 heavy (non-hydrogen) atoms. The first-order valence-corrected chi connectivity index (χ1v) is 9.05. The molecular weight excluding hydrogens is 337 g/mol. The summed E-state index contributed by atoms with van der Waals surface area (Å²) >= 11 is 0. The number of rotatable bonds is 4. The van der Waals surface area contributed by atoms with Crippen molar-refractivity contribution in [3.8, 4) is 0 Å². The quantitative estimate of drug-likeness (QED) is 0.847. The van der Waals surface area contributed by atoms with Crippen molar-refractivity contribution in [1.82, 2.24) is 4.57 Å². The first-order chi connectivity index (χ1) is 12.5. The second kappa shape index (κ2) is 6.39. The van der Waals surface area contributed by atoms with Crippen LogP contribution < -0.4 is 16.1 Å². The van der Waals surface area contributed by atoms with Crippen LogP contribution in [0.25, 0.3) is 10.9 Å². The lowest BCUT2D eigenvalue weighted by Crippen LogP contribution is -2.27. The number of aromatic nitrogens is 1. The van der Waals surface area contributed by atoms with Crippen LogP contribution in [0, 0.1) is 5.82 Å². The summed E-state index contributed by atoms with van der Waals surface area (Å²) in [5, 5.41) is 0.215. The number of nitrogens with zero attached hydrogens (tertiary/aromatic N) is 2. The van der Waals surface area contributed by atoms with Gasteiger partial charge >= 0.3 is 5.97 Å². The fraction of sp³-hybridized carbons (Fsp3) is 0.474. The van der Waals surface area contributed by atoms with E-state index in [2.05, 4.69) is 0 Å². The summed E-state index contributed by atoms with van der Waals surface area (Å²) in [7, 11) is 0. The predicted molar refractivity (Wildman–Crippen MR) is 97.2 cm³/mol. The van der Waals surface area contributed by atoms with Crippen molar-refractivity contribution < 1.29 is 13.9 Å². The first-order valence-electron chi connectivity index (χ1n) is 9.05. The maximum Gasteiger partial charge on any atom is 0.343 e. The number of pyridine rings is 1. The van der Waals surface area contributed by atoms with Gasteiger partial charge in [0.25, 0.3) is 0 Å². The topological polar surface area (TPSA) is 77.6 Å². The number of nitrogens with two attached hydrogens (primary N) is 1. The smallest absolute Gasteiger partial charge is 0.343 e. The van der Waals surface area contributed by atoms with Crippen LogP contribution in [0.1, 0.15) is 42.6 Å². The van der Waals surface area contributed by atoms with Gasteiger partial charge in [-0.15, -0.1) is 0 Å². The zero-order valence-corrected chi connectivity index (χ0v) is 14.7. The van der Waals surface area contributed by atoms with Crippen molar-refractivity contribution in [2.45, 2.75) is 38.3 Å². The van der Waals surface area contributed by atoms with Gasteiger partial charge in [0, 0.05) is 36.8 Å². The maximum atomic E-state index is 14.8. The molecule has 0 bridgehead atoms. The lowest BCUT2D eigenvalue weighted by atomic mass is 10.1. The number of carbonyl (C=O) groups excluding carboxylic acids is 1. The molecule has 0 spiro atoms. The standard InChI is InChI=1S/C19H22FN3O3/c1-2-26-19(25)14-10-23(12-3-4-12)16-8-17(22-6-5-11(21)9-22)15(20)7-13(16)18(14)24/h7-8,10-12H,2-6,9,21H2,1H3. The van der Waals surface area contributed by atoms with Gasteiger partial charge in [-0.3, -0.25) is 4.79 Å². The number of fused-ring (bicyclic) bond motifs is 1. The van der Waals surface area contributed by atoms with Crippen LogP contribution in [-0.4, -0.2) is 36.3 Å². The van der Waals surface area contributed by atoms with Gasteiger partial charge in [0.1, 0.15) is 11.4 Å². The summed E-state index contributed by atoms with van der Waals surface area (Å²) in [6.45, 7) is 3.16. The Kier molecular flexibility index (Phi) is 4.19. The number of benzene rings is 1. The van der Waals surface area contributed by atoms with Crippen LogP contribution >= 0.6 is 0 Å². The fourth-order valence-corrected chi connectivity index (χ4v) is 3.62. The van der Waals surface area contributed by atoms with Crippen LogP contribution in [0.2, 0.25) is 0 Å². The largest absolute Gasteiger partial charge is 0.462 e. The van der Waals surface area contributed by atoms with Crippen LogP contribution in [0.3, 0.4) is 0 Å². The normalized spacial score (nSPS) is 20.0. The van der Waals surface area contributed by atoms with Gasteiger partial charge in [-0.1, -0.05) is 0 Å². The minimum atomic E-state index is -0.663. The number of anilines is 1. The molecule has 4 rings (SSSR count). The molecule has 7 heteroatoms. The molecule has 0 radical (unpaired) electrons. The highest BCUT2D eigenvalue weighted by Crippen LogP contribution is 2.38. The highest BCUT2D eigenvalue weighted by molar-refractivity contribution is 5.94. The van der Waals surface area contributed by atoms with Gasteiger partial charge in [0.2, 0.25) is 5.43 Å². The number of hydrogen-bond donors (Lipinski definition) is 1. The van der Waals surface area contributed by atoms with E-state index in [9.17, 15) is 14.0 Å². The molecule has 2 fully saturated rings. The van der Waals surface area contributed by atoms with Crippen molar-refractivity contribution in [1.29, 1.82) is 0 Å². The number of ether oxygens (including phenoxy) is 1. The molecule has 1 aromatic carbocycles. The Bertz CT molecular complexity index is 936. The summed E-state index contributed by atoms with van der Waals surface area (Å²) in [5.74, 6) is -1.13. The molecule has 6 nitrogen and oxygen atoms in total. The van der Waals surface area contributed by atoms with Gasteiger partial charge in [0.15, 0.2) is 0 Å². The van der Waals surface area contributed by atoms with Crippen molar-refractivity contribution in [3.05, 3.63) is 39.9 Å². The Labute approximate surface area is 150 Å². The molecule has 2 aliphatic rings. The molecule has 1 saturated carbocycles. The molecule has 1 atom stereocenters. The molecule has 1 unspecified atom stereocenters. The van der Waals surface area contributed by atoms with Crippen molar-refractivity contribution in [3.63, 3.8) is 0 Å². The number of halogens is 1. The van der Waals surface area contributed by atoms with Crippen LogP contribution in [0.15, 0.2) is 23.1 Å². The summed E-state index contributed by atoms with van der Waals surface area (Å²) in [5.41, 5.74) is 6.54. The van der Waals surface area contributed by atoms with Gasteiger partial charge in [0.05, 0.1) is 17.8 Å². The van der Waals surface area contributed by atoms with E-state index in [-0.39, 0.29) is 29.6 Å². The monoisotopic (exact) mass is 359 g/mol. The molecule has 2 N–H and O–H groups in total. The molecule has 2 heterocycles. The van der Waals surface area contributed by atoms with Gasteiger partial charge < -0.3 is 19.9 Å². The second-order valence-corrected chi connectivity index (χ2v) is 7.05. The van der Waals surface area contributed by atoms with Crippen molar-refractivity contribution in [2.75, 3.05) is 24.6 Å². The minimum Gasteiger partial charge on any atom is -0.462 e. The van der Waals surface area contributed by atoms with E-state index in [0.29, 0.717) is 24.3 Å². The van der Waals surface area contributed by atoms with Gasteiger partial charge in [-0.05, 0) is 38.3 Å². The molecule has 1 saturated heterocycles. The van der Waals surface area contributed by atoms with Crippen LogP contribution in [-0.2, 0) is 4.74 Å². The van der Waals surface area contributed by atoms with E-state index in [1.807, 2.05) is 9.47 Å². The van der Waals surface area contributed by atoms with E-state index in [4.69, 9.17) is 10.5 Å². The Morgan fingerprint density at radius 2 is 2.12 bits per heavy atom. The molecule has 1 aliphatic heterocycles. The SMILES string of the molecule is CCOC(=O)c1cn(C2CC2)c2cc(N3CCC(N)C3)c(F)cc2c1=O. The Hall–Kier alpha value is -2.41. The summed E-state index contributed by atoms with van der Waals surface area (Å²) in [6.07, 6.45) is 4.33. The third-order valence-corrected chi connectivity index (χ3v) is 5.10. The van der Waals surface area contributed by atoms with Crippen LogP contribution in [0.5, 0.6) is 0 Å². The molecule has 138 valence electrons. The molecule has 1 aromatic heterocycles. The average Bonchev–Trinajstić information content (AvgIpc) is 3.36. The molecule has 1 aliphatic carbocycles. The highest BCUT2D eigenvalue weighted by atomic mass is 19.1. The summed E-state index contributed by atoms with van der Waals surface area (Å²) < 4.78 is 21.7. The van der Waals surface area contributed by atoms with E-state index in [0.717, 1.165) is 19.3 Å². The van der Waals surface area contributed by atoms with Crippen LogP contribution in [0.4, 0.5) is 10.1 Å². The first kappa shape index (κ1) is 17.0. The summed E-state index contributed by atoms with van der Waals surface area (Å²) in [6, 6.07) is 3.22. The average molecular weight is 359 g/mol. The minimum absolute atomic E-state index is 0.0295. The maximum absolute atomic E-state index is 14.8. The number of esters is 1. The summed E-state index contributed by atoms with van der Waals surface area (Å²) in [4.78, 5) is 26.8. The van der Waals surface area contributed by atoms with E-state index in [1.54, 1.807) is 19.2 Å². The second-order valence-electron chi connectivity index (χ2n) is 7.05. The fourth-order valence-electron chi connectivity index (χ4n) is 3.62. The van der Waals surface area contributed by atoms with Gasteiger partial charge in [-0.2, -0.15) is 0 Å². The molecule has 0 amide bonds. The number of hydrogen-bond acceptors (Lipinski definition) is 5. The lowest BCUT2D eigenvalue weighted by molar-refractivity contribution is 0.0524. The van der Waals surface area contributed by atoms with Gasteiger partial charge in [-0.25, -0.2) is 9.18 Å².